The van der Waals surface area contributed by atoms with Gasteiger partial charge in [-0.3, -0.25) is 0 Å². The molecule has 1 atom stereocenters. The van der Waals surface area contributed by atoms with Gasteiger partial charge in [0, 0.05) is 13.1 Å². The lowest BCUT2D eigenvalue weighted by molar-refractivity contribution is -0.139. The summed E-state index contributed by atoms with van der Waals surface area (Å²) in [6.07, 6.45) is 0. The second-order valence-electron chi connectivity index (χ2n) is 4.20. The SMILES string of the molecule is O=C(O)[C@H](NC(=O)N1CCNC1=O)c1ccc(O)cc1. The topological polar surface area (TPSA) is 119 Å². The first-order valence-electron chi connectivity index (χ1n) is 5.86. The minimum atomic E-state index is -1.29. The Balaban J connectivity index is 2.13. The molecule has 1 aliphatic heterocycles. The van der Waals surface area contributed by atoms with Crippen molar-refractivity contribution in [3.05, 3.63) is 29.8 Å². The number of carbonyl (C=O) groups excluding carboxylic acids is 2. The molecule has 1 aliphatic rings. The Hall–Kier alpha value is -2.77. The summed E-state index contributed by atoms with van der Waals surface area (Å²) in [5.41, 5.74) is 0.295. The lowest BCUT2D eigenvalue weighted by atomic mass is 10.1. The van der Waals surface area contributed by atoms with Gasteiger partial charge in [-0.15, -0.1) is 0 Å². The molecule has 1 aromatic rings. The number of aromatic hydroxyl groups is 1. The third-order valence-electron chi connectivity index (χ3n) is 2.84. The van der Waals surface area contributed by atoms with Crippen LogP contribution in [0.5, 0.6) is 5.75 Å². The predicted molar refractivity (Wildman–Crippen MR) is 67.1 cm³/mol. The van der Waals surface area contributed by atoms with Gasteiger partial charge in [0.15, 0.2) is 6.04 Å². The van der Waals surface area contributed by atoms with Gasteiger partial charge in [0.05, 0.1) is 0 Å². The molecule has 106 valence electrons. The van der Waals surface area contributed by atoms with E-state index < -0.39 is 24.1 Å². The minimum absolute atomic E-state index is 0.0110. The highest BCUT2D eigenvalue weighted by Crippen LogP contribution is 2.17. The zero-order valence-corrected chi connectivity index (χ0v) is 10.4. The average Bonchev–Trinajstić information content (AvgIpc) is 2.83. The normalized spacial score (nSPS) is 15.6. The van der Waals surface area contributed by atoms with Crippen molar-refractivity contribution in [3.8, 4) is 5.75 Å². The van der Waals surface area contributed by atoms with E-state index in [2.05, 4.69) is 10.6 Å². The summed E-state index contributed by atoms with van der Waals surface area (Å²) in [6.45, 7) is 0.524. The lowest BCUT2D eigenvalue weighted by Crippen LogP contribution is -2.45. The first-order valence-corrected chi connectivity index (χ1v) is 5.86. The second kappa shape index (κ2) is 5.47. The van der Waals surface area contributed by atoms with Crippen molar-refractivity contribution in [1.82, 2.24) is 15.5 Å². The number of urea groups is 2. The van der Waals surface area contributed by atoms with Crippen LogP contribution in [0.25, 0.3) is 0 Å². The van der Waals surface area contributed by atoms with Gasteiger partial charge in [0.25, 0.3) is 0 Å². The Morgan fingerprint density at radius 3 is 2.45 bits per heavy atom. The second-order valence-corrected chi connectivity index (χ2v) is 4.20. The van der Waals surface area contributed by atoms with Crippen LogP contribution in [0.3, 0.4) is 0 Å². The van der Waals surface area contributed by atoms with E-state index in [1.807, 2.05) is 0 Å². The summed E-state index contributed by atoms with van der Waals surface area (Å²) in [4.78, 5) is 35.3. The van der Waals surface area contributed by atoms with E-state index in [0.717, 1.165) is 4.90 Å². The molecule has 1 fully saturated rings. The number of carboxylic acid groups (broad SMARTS) is 1. The predicted octanol–water partition coefficient (Wildman–Crippen LogP) is 0.253. The number of amides is 4. The Morgan fingerprint density at radius 2 is 1.95 bits per heavy atom. The van der Waals surface area contributed by atoms with Gasteiger partial charge in [-0.2, -0.15) is 0 Å². The molecule has 4 amide bonds. The number of hydrogen-bond donors (Lipinski definition) is 4. The molecule has 0 radical (unpaired) electrons. The maximum Gasteiger partial charge on any atom is 0.330 e. The van der Waals surface area contributed by atoms with Crippen LogP contribution in [0.15, 0.2) is 24.3 Å². The number of nitrogens with zero attached hydrogens (tertiary/aromatic N) is 1. The van der Waals surface area contributed by atoms with Gasteiger partial charge in [-0.25, -0.2) is 19.3 Å². The molecule has 0 spiro atoms. The standard InChI is InChI=1S/C12H13N3O5/c16-8-3-1-7(2-4-8)9(10(17)18)14-12(20)15-6-5-13-11(15)19/h1-4,9,16H,5-6H2,(H,13,19)(H,14,20)(H,17,18)/t9-/m1/s1. The van der Waals surface area contributed by atoms with Gasteiger partial charge in [0.2, 0.25) is 0 Å². The summed E-state index contributed by atoms with van der Waals surface area (Å²) < 4.78 is 0. The van der Waals surface area contributed by atoms with E-state index in [0.29, 0.717) is 12.1 Å². The zero-order valence-electron chi connectivity index (χ0n) is 10.4. The maximum atomic E-state index is 11.9. The summed E-state index contributed by atoms with van der Waals surface area (Å²) in [5, 5.41) is 23.0. The van der Waals surface area contributed by atoms with Crippen molar-refractivity contribution < 1.29 is 24.6 Å². The number of carboxylic acids is 1. The molecule has 0 aliphatic carbocycles. The van der Waals surface area contributed by atoms with Crippen LogP contribution < -0.4 is 10.6 Å². The number of carbonyl (C=O) groups is 3. The van der Waals surface area contributed by atoms with Gasteiger partial charge < -0.3 is 20.8 Å². The van der Waals surface area contributed by atoms with Crippen LogP contribution in [0.2, 0.25) is 0 Å². The van der Waals surface area contributed by atoms with Crippen LogP contribution in [-0.2, 0) is 4.79 Å². The van der Waals surface area contributed by atoms with E-state index in [1.165, 1.54) is 24.3 Å². The van der Waals surface area contributed by atoms with E-state index in [-0.39, 0.29) is 12.3 Å². The molecule has 8 heteroatoms. The van der Waals surface area contributed by atoms with Crippen molar-refractivity contribution in [2.75, 3.05) is 13.1 Å². The van der Waals surface area contributed by atoms with Gasteiger partial charge in [0.1, 0.15) is 5.75 Å². The molecule has 0 aromatic heterocycles. The van der Waals surface area contributed by atoms with Crippen LogP contribution >= 0.6 is 0 Å². The lowest BCUT2D eigenvalue weighted by Gasteiger charge is -2.19. The van der Waals surface area contributed by atoms with Crippen molar-refractivity contribution in [3.63, 3.8) is 0 Å². The van der Waals surface area contributed by atoms with E-state index in [4.69, 9.17) is 5.11 Å². The van der Waals surface area contributed by atoms with Crippen LogP contribution in [0.1, 0.15) is 11.6 Å². The third-order valence-corrected chi connectivity index (χ3v) is 2.84. The summed E-state index contributed by atoms with van der Waals surface area (Å²) in [6, 6.07) is 2.78. The van der Waals surface area contributed by atoms with Crippen molar-refractivity contribution >= 4 is 18.0 Å². The number of nitrogens with one attached hydrogen (secondary N) is 2. The highest BCUT2D eigenvalue weighted by molar-refractivity contribution is 5.96. The number of imide groups is 1. The third kappa shape index (κ3) is 2.79. The number of rotatable bonds is 3. The van der Waals surface area contributed by atoms with Gasteiger partial charge in [-0.05, 0) is 17.7 Å². The van der Waals surface area contributed by atoms with Crippen molar-refractivity contribution in [2.24, 2.45) is 0 Å². The number of phenols is 1. The fourth-order valence-corrected chi connectivity index (χ4v) is 1.82. The van der Waals surface area contributed by atoms with E-state index in [9.17, 15) is 19.5 Å². The molecule has 0 unspecified atom stereocenters. The first kappa shape index (κ1) is 13.7. The number of benzene rings is 1. The molecule has 0 bridgehead atoms. The highest BCUT2D eigenvalue weighted by atomic mass is 16.4. The quantitative estimate of drug-likeness (QED) is 0.632. The highest BCUT2D eigenvalue weighted by Gasteiger charge is 2.30. The first-order chi connectivity index (χ1) is 9.49. The molecule has 8 nitrogen and oxygen atoms in total. The zero-order chi connectivity index (χ0) is 14.7. The molecule has 1 heterocycles. The van der Waals surface area contributed by atoms with Crippen LogP contribution in [0, 0.1) is 0 Å². The summed E-state index contributed by atoms with van der Waals surface area (Å²) >= 11 is 0. The number of phenolic OH excluding ortho intramolecular Hbond substituents is 1. The van der Waals surface area contributed by atoms with Gasteiger partial charge >= 0.3 is 18.0 Å². The fourth-order valence-electron chi connectivity index (χ4n) is 1.82. The Kier molecular flexibility index (Phi) is 3.74. The molecule has 4 N–H and O–H groups in total. The van der Waals surface area contributed by atoms with Crippen molar-refractivity contribution in [2.45, 2.75) is 6.04 Å². The van der Waals surface area contributed by atoms with E-state index >= 15 is 0 Å². The molecule has 1 aromatic carbocycles. The van der Waals surface area contributed by atoms with Crippen molar-refractivity contribution in [1.29, 1.82) is 0 Å². The minimum Gasteiger partial charge on any atom is -0.508 e. The van der Waals surface area contributed by atoms with Gasteiger partial charge in [-0.1, -0.05) is 12.1 Å². The molecule has 1 saturated heterocycles. The smallest absolute Gasteiger partial charge is 0.330 e. The Bertz CT molecular complexity index is 543. The summed E-state index contributed by atoms with van der Waals surface area (Å²) in [5.74, 6) is -1.27. The summed E-state index contributed by atoms with van der Waals surface area (Å²) in [7, 11) is 0. The molecular formula is C12H13N3O5. The Labute approximate surface area is 114 Å². The van der Waals surface area contributed by atoms with Crippen LogP contribution in [-0.4, -0.2) is 46.2 Å². The largest absolute Gasteiger partial charge is 0.508 e. The fraction of sp³-hybridized carbons (Fsp3) is 0.250. The molecule has 20 heavy (non-hydrogen) atoms. The molecule has 0 saturated carbocycles. The van der Waals surface area contributed by atoms with Crippen LogP contribution in [0.4, 0.5) is 9.59 Å². The molecule has 2 rings (SSSR count). The number of aliphatic carboxylic acids is 1. The average molecular weight is 279 g/mol. The maximum absolute atomic E-state index is 11.9. The monoisotopic (exact) mass is 279 g/mol. The number of hydrogen-bond acceptors (Lipinski definition) is 4. The van der Waals surface area contributed by atoms with E-state index in [1.54, 1.807) is 0 Å². The Morgan fingerprint density at radius 1 is 1.30 bits per heavy atom. The molecular weight excluding hydrogens is 266 g/mol.